The van der Waals surface area contributed by atoms with Gasteiger partial charge in [-0.25, -0.2) is 8.78 Å². The number of hydrogen-bond acceptors (Lipinski definition) is 6. The molecule has 1 amide bonds. The molecule has 0 spiro atoms. The summed E-state index contributed by atoms with van der Waals surface area (Å²) in [7, 11) is 0. The van der Waals surface area contributed by atoms with Gasteiger partial charge < -0.3 is 5.11 Å². The van der Waals surface area contributed by atoms with Crippen molar-refractivity contribution < 1.29 is 23.6 Å². The molecular weight excluding hydrogens is 340 g/mol. The molecule has 11 heteroatoms. The van der Waals surface area contributed by atoms with E-state index in [0.29, 0.717) is 5.01 Å². The molecule has 2 unspecified atom stereocenters. The molecule has 1 aromatic rings. The number of aryl methyl sites for hydroxylation is 1. The van der Waals surface area contributed by atoms with Gasteiger partial charge in [0.2, 0.25) is 11.6 Å². The Kier molecular flexibility index (Phi) is 4.89. The lowest BCUT2D eigenvalue weighted by molar-refractivity contribution is -0.386. The molecular formula is C14H19F2N5O4. The third-order valence-electron chi connectivity index (χ3n) is 4.11. The van der Waals surface area contributed by atoms with E-state index in [1.165, 1.54) is 32.4 Å². The molecule has 0 aliphatic carbocycles. The van der Waals surface area contributed by atoms with Crippen molar-refractivity contribution in [1.82, 2.24) is 14.8 Å². The molecule has 0 fully saturated rings. The van der Waals surface area contributed by atoms with Crippen LogP contribution in [0.25, 0.3) is 0 Å². The lowest BCUT2D eigenvalue weighted by atomic mass is 10.1. The minimum absolute atomic E-state index is 0.0657. The summed E-state index contributed by atoms with van der Waals surface area (Å²) in [6, 6.07) is 0. The van der Waals surface area contributed by atoms with E-state index < -0.39 is 35.3 Å². The summed E-state index contributed by atoms with van der Waals surface area (Å²) in [5.41, 5.74) is -2.16. The number of carbonyl (C=O) groups excluding carboxylic acids is 1. The Balaban J connectivity index is 2.24. The summed E-state index contributed by atoms with van der Waals surface area (Å²) in [4.78, 5) is 23.0. The SMILES string of the molecule is CC1=NN(C(=O)C(C)Cn2nc(C)c([N+](=O)[O-])c2C)C(O)(C(F)F)C1. The molecule has 2 atom stereocenters. The van der Waals surface area contributed by atoms with Crippen molar-refractivity contribution in [2.75, 3.05) is 0 Å². The van der Waals surface area contributed by atoms with Gasteiger partial charge in [-0.05, 0) is 20.8 Å². The molecule has 0 aromatic carbocycles. The van der Waals surface area contributed by atoms with Gasteiger partial charge in [-0.1, -0.05) is 6.92 Å². The highest BCUT2D eigenvalue weighted by atomic mass is 19.3. The lowest BCUT2D eigenvalue weighted by Gasteiger charge is -2.31. The summed E-state index contributed by atoms with van der Waals surface area (Å²) in [6.07, 6.45) is -3.62. The van der Waals surface area contributed by atoms with Crippen molar-refractivity contribution in [3.8, 4) is 0 Å². The Morgan fingerprint density at radius 3 is 2.52 bits per heavy atom. The first kappa shape index (κ1) is 18.9. The third kappa shape index (κ3) is 3.23. The maximum Gasteiger partial charge on any atom is 0.312 e. The van der Waals surface area contributed by atoms with E-state index >= 15 is 0 Å². The zero-order valence-electron chi connectivity index (χ0n) is 14.2. The number of rotatable bonds is 5. The second-order valence-electron chi connectivity index (χ2n) is 6.20. The van der Waals surface area contributed by atoms with Gasteiger partial charge in [-0.15, -0.1) is 0 Å². The number of aromatic nitrogens is 2. The van der Waals surface area contributed by atoms with Gasteiger partial charge in [-0.2, -0.15) is 15.2 Å². The average Bonchev–Trinajstić information content (AvgIpc) is 2.95. The fraction of sp³-hybridized carbons (Fsp3) is 0.643. The average molecular weight is 359 g/mol. The van der Waals surface area contributed by atoms with E-state index in [-0.39, 0.29) is 29.3 Å². The lowest BCUT2D eigenvalue weighted by Crippen LogP contribution is -2.53. The summed E-state index contributed by atoms with van der Waals surface area (Å²) in [5, 5.41) is 29.3. The number of aliphatic hydroxyl groups is 1. The van der Waals surface area contributed by atoms with Crippen LogP contribution in [-0.4, -0.2) is 48.6 Å². The number of halogens is 2. The van der Waals surface area contributed by atoms with Crippen LogP contribution in [0.15, 0.2) is 5.10 Å². The van der Waals surface area contributed by atoms with Crippen LogP contribution in [0.3, 0.4) is 0 Å². The molecule has 2 heterocycles. The second kappa shape index (κ2) is 6.47. The first-order valence-corrected chi connectivity index (χ1v) is 7.56. The Morgan fingerprint density at radius 1 is 1.44 bits per heavy atom. The molecule has 0 radical (unpaired) electrons. The molecule has 1 N–H and O–H groups in total. The topological polar surface area (TPSA) is 114 Å². The van der Waals surface area contributed by atoms with Crippen LogP contribution in [-0.2, 0) is 11.3 Å². The van der Waals surface area contributed by atoms with E-state index in [0.717, 1.165) is 0 Å². The zero-order chi connectivity index (χ0) is 19.1. The molecule has 1 aliphatic rings. The predicted molar refractivity (Wildman–Crippen MR) is 83.0 cm³/mol. The standard InChI is InChI=1S/C14H19F2N5O4/c1-7(6-19-10(4)11(21(24)25)9(3)18-19)12(22)20-14(23,13(15)16)5-8(2)17-20/h7,13,23H,5-6H2,1-4H3. The fourth-order valence-corrected chi connectivity index (χ4v) is 2.83. The molecule has 25 heavy (non-hydrogen) atoms. The van der Waals surface area contributed by atoms with Crippen molar-refractivity contribution in [3.63, 3.8) is 0 Å². The van der Waals surface area contributed by atoms with E-state index in [1.807, 2.05) is 0 Å². The number of hydrogen-bond donors (Lipinski definition) is 1. The number of carbonyl (C=O) groups is 1. The first-order chi connectivity index (χ1) is 11.5. The highest BCUT2D eigenvalue weighted by Gasteiger charge is 2.51. The van der Waals surface area contributed by atoms with E-state index in [9.17, 15) is 28.8 Å². The van der Waals surface area contributed by atoms with Crippen LogP contribution in [0, 0.1) is 29.9 Å². The van der Waals surface area contributed by atoms with Gasteiger partial charge in [0, 0.05) is 12.1 Å². The molecule has 1 aliphatic heterocycles. The first-order valence-electron chi connectivity index (χ1n) is 7.56. The molecule has 0 bridgehead atoms. The monoisotopic (exact) mass is 359 g/mol. The normalized spacial score (nSPS) is 21.6. The van der Waals surface area contributed by atoms with Crippen LogP contribution < -0.4 is 0 Å². The highest BCUT2D eigenvalue weighted by Crippen LogP contribution is 2.33. The fourth-order valence-electron chi connectivity index (χ4n) is 2.83. The smallest absolute Gasteiger partial charge is 0.312 e. The Morgan fingerprint density at radius 2 is 2.04 bits per heavy atom. The summed E-state index contributed by atoms with van der Waals surface area (Å²) >= 11 is 0. The quantitative estimate of drug-likeness (QED) is 0.634. The molecule has 1 aromatic heterocycles. The van der Waals surface area contributed by atoms with Crippen LogP contribution in [0.2, 0.25) is 0 Å². The van der Waals surface area contributed by atoms with Crippen LogP contribution in [0.5, 0.6) is 0 Å². The number of alkyl halides is 2. The van der Waals surface area contributed by atoms with Crippen LogP contribution >= 0.6 is 0 Å². The van der Waals surface area contributed by atoms with Crippen LogP contribution in [0.1, 0.15) is 31.7 Å². The molecule has 0 saturated carbocycles. The van der Waals surface area contributed by atoms with Gasteiger partial charge >= 0.3 is 5.69 Å². The molecule has 0 saturated heterocycles. The zero-order valence-corrected chi connectivity index (χ0v) is 14.2. The van der Waals surface area contributed by atoms with Crippen molar-refractivity contribution in [2.45, 2.75) is 52.8 Å². The van der Waals surface area contributed by atoms with Gasteiger partial charge in [0.1, 0.15) is 11.4 Å². The number of hydrazone groups is 1. The van der Waals surface area contributed by atoms with Gasteiger partial charge in [0.15, 0.2) is 0 Å². The minimum Gasteiger partial charge on any atom is -0.364 e. The van der Waals surface area contributed by atoms with Gasteiger partial charge in [0.05, 0.1) is 17.4 Å². The van der Waals surface area contributed by atoms with Crippen molar-refractivity contribution in [1.29, 1.82) is 0 Å². The van der Waals surface area contributed by atoms with E-state index in [2.05, 4.69) is 10.2 Å². The molecule has 2 rings (SSSR count). The summed E-state index contributed by atoms with van der Waals surface area (Å²) in [6.45, 7) is 5.79. The number of amides is 1. The van der Waals surface area contributed by atoms with Crippen molar-refractivity contribution in [3.05, 3.63) is 21.5 Å². The minimum atomic E-state index is -3.18. The van der Waals surface area contributed by atoms with E-state index in [4.69, 9.17) is 0 Å². The Labute approximate surface area is 142 Å². The maximum absolute atomic E-state index is 13.2. The Bertz CT molecular complexity index is 748. The number of nitro groups is 1. The van der Waals surface area contributed by atoms with E-state index in [1.54, 1.807) is 0 Å². The predicted octanol–water partition coefficient (Wildman–Crippen LogP) is 1.61. The molecule has 9 nitrogen and oxygen atoms in total. The number of nitrogens with zero attached hydrogens (tertiary/aromatic N) is 5. The largest absolute Gasteiger partial charge is 0.364 e. The summed E-state index contributed by atoms with van der Waals surface area (Å²) < 4.78 is 27.7. The second-order valence-corrected chi connectivity index (χ2v) is 6.20. The van der Waals surface area contributed by atoms with Crippen LogP contribution in [0.4, 0.5) is 14.5 Å². The highest BCUT2D eigenvalue weighted by molar-refractivity contribution is 5.89. The molecule has 138 valence electrons. The summed E-state index contributed by atoms with van der Waals surface area (Å²) in [5.74, 6) is -1.69. The third-order valence-corrected chi connectivity index (χ3v) is 4.11. The van der Waals surface area contributed by atoms with Gasteiger partial charge in [0.25, 0.3) is 6.43 Å². The maximum atomic E-state index is 13.2. The Hall–Kier alpha value is -2.43. The van der Waals surface area contributed by atoms with Crippen molar-refractivity contribution in [2.24, 2.45) is 11.0 Å². The van der Waals surface area contributed by atoms with Crippen molar-refractivity contribution >= 4 is 17.3 Å². The van der Waals surface area contributed by atoms with Gasteiger partial charge in [-0.3, -0.25) is 19.6 Å².